The third-order valence-electron chi connectivity index (χ3n) is 3.25. The van der Waals surface area contributed by atoms with Crippen molar-refractivity contribution < 1.29 is 5.11 Å². The predicted molar refractivity (Wildman–Crippen MR) is 68.0 cm³/mol. The molecule has 2 heteroatoms. The molecule has 0 fully saturated rings. The van der Waals surface area contributed by atoms with E-state index in [9.17, 15) is 5.11 Å². The van der Waals surface area contributed by atoms with Crippen LogP contribution in [0.4, 0.5) is 0 Å². The van der Waals surface area contributed by atoms with Gasteiger partial charge in [-0.05, 0) is 23.0 Å². The molecule has 0 aliphatic rings. The summed E-state index contributed by atoms with van der Waals surface area (Å²) >= 11 is 5.81. The Labute approximate surface area is 103 Å². The Morgan fingerprint density at radius 3 is 2.19 bits per heavy atom. The smallest absolute Gasteiger partial charge is 0.133 e. The van der Waals surface area contributed by atoms with Crippen LogP contribution in [-0.4, -0.2) is 0 Å². The number of hydrogen-bond donors (Lipinski definition) is 0. The van der Waals surface area contributed by atoms with E-state index in [2.05, 4.69) is 0 Å². The third-order valence-corrected chi connectivity index (χ3v) is 3.56. The average molecular weight is 240 g/mol. The van der Waals surface area contributed by atoms with Gasteiger partial charge in [0.25, 0.3) is 0 Å². The Balaban J connectivity index is 3.21. The molecule has 1 rings (SSSR count). The first kappa shape index (κ1) is 13.5. The monoisotopic (exact) mass is 239 g/mol. The molecule has 1 aromatic rings. The second-order valence-corrected chi connectivity index (χ2v) is 5.20. The maximum absolute atomic E-state index is 12.9. The second kappa shape index (κ2) is 5.20. The summed E-state index contributed by atoms with van der Waals surface area (Å²) in [6.07, 6.45) is 0. The largest absolute Gasteiger partial charge is 0.224 e. The van der Waals surface area contributed by atoms with Crippen LogP contribution in [0.2, 0.25) is 0 Å². The summed E-state index contributed by atoms with van der Waals surface area (Å²) in [4.78, 5) is 0. The summed E-state index contributed by atoms with van der Waals surface area (Å²) in [5.74, 6) is 0.594. The van der Waals surface area contributed by atoms with Crippen LogP contribution in [0.5, 0.6) is 0 Å². The van der Waals surface area contributed by atoms with E-state index in [0.717, 1.165) is 11.1 Å². The van der Waals surface area contributed by atoms with E-state index in [4.69, 9.17) is 11.6 Å². The van der Waals surface area contributed by atoms with E-state index in [1.54, 1.807) is 0 Å². The molecule has 0 heterocycles. The van der Waals surface area contributed by atoms with Crippen LogP contribution in [0.3, 0.4) is 0 Å². The molecule has 1 nitrogen and oxygen atoms in total. The third kappa shape index (κ3) is 2.41. The maximum atomic E-state index is 12.9. The summed E-state index contributed by atoms with van der Waals surface area (Å²) < 4.78 is 0. The van der Waals surface area contributed by atoms with Gasteiger partial charge < -0.3 is 0 Å². The van der Waals surface area contributed by atoms with Gasteiger partial charge in [0.15, 0.2) is 0 Å². The molecule has 0 unspecified atom stereocenters. The van der Waals surface area contributed by atoms with E-state index in [1.165, 1.54) is 0 Å². The molecule has 0 aliphatic carbocycles. The van der Waals surface area contributed by atoms with Gasteiger partial charge in [-0.3, -0.25) is 0 Å². The fourth-order valence-electron chi connectivity index (χ4n) is 2.23. The van der Waals surface area contributed by atoms with E-state index >= 15 is 0 Å². The van der Waals surface area contributed by atoms with E-state index in [-0.39, 0.29) is 11.8 Å². The molecular weight excluding hydrogens is 220 g/mol. The minimum atomic E-state index is -1.03. The van der Waals surface area contributed by atoms with Gasteiger partial charge in [0.2, 0.25) is 0 Å². The summed E-state index contributed by atoms with van der Waals surface area (Å²) in [7, 11) is 0. The van der Waals surface area contributed by atoms with E-state index in [0.29, 0.717) is 5.88 Å². The lowest BCUT2D eigenvalue weighted by atomic mass is 9.75. The molecule has 89 valence electrons. The number of benzene rings is 1. The zero-order valence-electron chi connectivity index (χ0n) is 10.5. The van der Waals surface area contributed by atoms with Gasteiger partial charge in [-0.1, -0.05) is 52.0 Å². The summed E-state index contributed by atoms with van der Waals surface area (Å²) in [6, 6.07) is 7.74. The van der Waals surface area contributed by atoms with Crippen molar-refractivity contribution in [3.8, 4) is 0 Å². The minimum Gasteiger partial charge on any atom is -0.224 e. The van der Waals surface area contributed by atoms with Crippen molar-refractivity contribution in [2.45, 2.75) is 39.2 Å². The van der Waals surface area contributed by atoms with Crippen molar-refractivity contribution >= 4 is 11.6 Å². The van der Waals surface area contributed by atoms with Gasteiger partial charge in [0.05, 0.1) is 0 Å². The lowest BCUT2D eigenvalue weighted by molar-refractivity contribution is -0.111. The molecule has 0 bridgehead atoms. The first-order valence-electron chi connectivity index (χ1n) is 5.78. The molecule has 0 N–H and O–H groups in total. The van der Waals surface area contributed by atoms with E-state index in [1.807, 2.05) is 52.0 Å². The average Bonchev–Trinajstić information content (AvgIpc) is 2.27. The summed E-state index contributed by atoms with van der Waals surface area (Å²) in [6.45, 7) is 7.95. The molecular formula is C14H20ClO. The van der Waals surface area contributed by atoms with Crippen LogP contribution in [0.1, 0.15) is 38.8 Å². The molecule has 0 aliphatic heterocycles. The number of rotatable bonds is 4. The van der Waals surface area contributed by atoms with Gasteiger partial charge in [0.1, 0.15) is 5.60 Å². The quantitative estimate of drug-likeness (QED) is 0.696. The van der Waals surface area contributed by atoms with Crippen molar-refractivity contribution in [2.75, 3.05) is 0 Å². The van der Waals surface area contributed by atoms with Crippen molar-refractivity contribution in [3.05, 3.63) is 35.4 Å². The van der Waals surface area contributed by atoms with Crippen molar-refractivity contribution in [2.24, 2.45) is 11.8 Å². The lowest BCUT2D eigenvalue weighted by Gasteiger charge is -2.34. The molecule has 0 amide bonds. The molecule has 1 radical (unpaired) electrons. The molecule has 0 atom stereocenters. The Kier molecular flexibility index (Phi) is 4.40. The highest BCUT2D eigenvalue weighted by Crippen LogP contribution is 2.37. The maximum Gasteiger partial charge on any atom is 0.133 e. The zero-order valence-corrected chi connectivity index (χ0v) is 11.2. The van der Waals surface area contributed by atoms with Gasteiger partial charge in [0, 0.05) is 5.88 Å². The fraction of sp³-hybridized carbons (Fsp3) is 0.571. The number of alkyl halides is 1. The van der Waals surface area contributed by atoms with Crippen LogP contribution in [-0.2, 0) is 16.6 Å². The van der Waals surface area contributed by atoms with Gasteiger partial charge in [-0.25, -0.2) is 5.11 Å². The molecule has 0 saturated carbocycles. The highest BCUT2D eigenvalue weighted by molar-refractivity contribution is 6.17. The summed E-state index contributed by atoms with van der Waals surface area (Å²) in [5.41, 5.74) is 0.846. The highest BCUT2D eigenvalue weighted by Gasteiger charge is 2.38. The minimum absolute atomic E-state index is 0.0677. The normalized spacial score (nSPS) is 12.5. The highest BCUT2D eigenvalue weighted by atomic mass is 35.5. The SMILES string of the molecule is CC(C)C([O])(c1cccc(CCl)c1)C(C)C. The topological polar surface area (TPSA) is 19.9 Å². The Hall–Kier alpha value is -0.530. The van der Waals surface area contributed by atoms with Gasteiger partial charge in [-0.2, -0.15) is 0 Å². The van der Waals surface area contributed by atoms with Crippen molar-refractivity contribution in [1.29, 1.82) is 0 Å². The zero-order chi connectivity index (χ0) is 12.3. The van der Waals surface area contributed by atoms with E-state index < -0.39 is 5.60 Å². The Morgan fingerprint density at radius 1 is 1.19 bits per heavy atom. The Bertz CT molecular complexity index is 336. The summed E-state index contributed by atoms with van der Waals surface area (Å²) in [5, 5.41) is 12.9. The van der Waals surface area contributed by atoms with Crippen LogP contribution in [0, 0.1) is 11.8 Å². The second-order valence-electron chi connectivity index (χ2n) is 4.94. The Morgan fingerprint density at radius 2 is 1.75 bits per heavy atom. The first-order chi connectivity index (χ1) is 7.42. The van der Waals surface area contributed by atoms with Gasteiger partial charge in [-0.15, -0.1) is 11.6 Å². The molecule has 1 aromatic carbocycles. The van der Waals surface area contributed by atoms with Gasteiger partial charge >= 0.3 is 0 Å². The van der Waals surface area contributed by atoms with Crippen LogP contribution < -0.4 is 0 Å². The van der Waals surface area contributed by atoms with Crippen LogP contribution >= 0.6 is 11.6 Å². The first-order valence-corrected chi connectivity index (χ1v) is 6.32. The molecule has 0 saturated heterocycles. The number of halogens is 1. The van der Waals surface area contributed by atoms with Crippen molar-refractivity contribution in [3.63, 3.8) is 0 Å². The molecule has 0 spiro atoms. The molecule has 0 aromatic heterocycles. The van der Waals surface area contributed by atoms with Crippen molar-refractivity contribution in [1.82, 2.24) is 0 Å². The number of hydrogen-bond acceptors (Lipinski definition) is 0. The predicted octanol–water partition coefficient (Wildman–Crippen LogP) is 4.36. The fourth-order valence-corrected chi connectivity index (χ4v) is 2.40. The lowest BCUT2D eigenvalue weighted by Crippen LogP contribution is -2.36. The van der Waals surface area contributed by atoms with Crippen LogP contribution in [0.15, 0.2) is 24.3 Å². The van der Waals surface area contributed by atoms with Crippen LogP contribution in [0.25, 0.3) is 0 Å². The standard InChI is InChI=1S/C14H20ClO/c1-10(2)14(16,11(3)4)13-7-5-6-12(8-13)9-15/h5-8,10-11H,9H2,1-4H3. The molecule has 16 heavy (non-hydrogen) atoms.